The summed E-state index contributed by atoms with van der Waals surface area (Å²) in [4.78, 5) is 25.1. The predicted octanol–water partition coefficient (Wildman–Crippen LogP) is 5.46. The maximum atomic E-state index is 12.9. The van der Waals surface area contributed by atoms with Gasteiger partial charge in [0, 0.05) is 47.8 Å². The maximum Gasteiger partial charge on any atom is 0.311 e. The minimum absolute atomic E-state index is 0.0923. The number of aromatic nitrogens is 2. The van der Waals surface area contributed by atoms with E-state index >= 15 is 0 Å². The Balaban J connectivity index is 1.32. The van der Waals surface area contributed by atoms with Gasteiger partial charge < -0.3 is 18.6 Å². The Morgan fingerprint density at radius 2 is 2.06 bits per heavy atom. The molecule has 0 N–H and O–H groups in total. The lowest BCUT2D eigenvalue weighted by atomic mass is 10.1. The van der Waals surface area contributed by atoms with Crippen LogP contribution in [0.15, 0.2) is 65.0 Å². The predicted molar refractivity (Wildman–Crippen MR) is 122 cm³/mol. The van der Waals surface area contributed by atoms with E-state index in [1.54, 1.807) is 30.3 Å². The van der Waals surface area contributed by atoms with Crippen molar-refractivity contribution in [2.45, 2.75) is 26.3 Å². The van der Waals surface area contributed by atoms with Gasteiger partial charge in [0.05, 0.1) is 12.0 Å². The zero-order valence-electron chi connectivity index (χ0n) is 17.7. The third-order valence-corrected chi connectivity index (χ3v) is 5.60. The van der Waals surface area contributed by atoms with Gasteiger partial charge in [0.15, 0.2) is 10.9 Å². The number of allylic oxidation sites excluding steroid dienone is 1. The number of ether oxygens (including phenoxy) is 2. The standard InChI is InChI=1S/C25H19ClN2O5/c1-2-28-14-15(18-5-3-4-6-20(18)28)11-22-25(30)19-9-7-16(12-21(19)32-22)31-24(29)10-8-17-13-23(26)27-33-17/h3-7,9,11-14H,2,8,10H2,1H3/b22-11-. The quantitative estimate of drug-likeness (QED) is 0.215. The van der Waals surface area contributed by atoms with Gasteiger partial charge in [0.1, 0.15) is 17.3 Å². The fraction of sp³-hybridized carbons (Fsp3) is 0.160. The van der Waals surface area contributed by atoms with Crippen LogP contribution in [0.1, 0.15) is 35.0 Å². The van der Waals surface area contributed by atoms with Gasteiger partial charge in [-0.3, -0.25) is 9.59 Å². The van der Waals surface area contributed by atoms with Gasteiger partial charge in [-0.1, -0.05) is 35.0 Å². The average molecular weight is 463 g/mol. The molecule has 0 aliphatic carbocycles. The lowest BCUT2D eigenvalue weighted by molar-refractivity contribution is -0.134. The number of hydrogen-bond acceptors (Lipinski definition) is 6. The first kappa shape index (κ1) is 21.0. The number of nitrogens with zero attached hydrogens (tertiary/aromatic N) is 2. The number of carbonyl (C=O) groups is 2. The Morgan fingerprint density at radius 1 is 1.21 bits per heavy atom. The highest BCUT2D eigenvalue weighted by atomic mass is 35.5. The van der Waals surface area contributed by atoms with E-state index in [4.69, 9.17) is 25.6 Å². The van der Waals surface area contributed by atoms with E-state index in [1.807, 2.05) is 30.5 Å². The monoisotopic (exact) mass is 462 g/mol. The zero-order chi connectivity index (χ0) is 22.9. The van der Waals surface area contributed by atoms with Gasteiger partial charge in [0.2, 0.25) is 5.78 Å². The van der Waals surface area contributed by atoms with Crippen LogP contribution < -0.4 is 9.47 Å². The summed E-state index contributed by atoms with van der Waals surface area (Å²) in [6.45, 7) is 2.89. The highest BCUT2D eigenvalue weighted by Gasteiger charge is 2.28. The second kappa shape index (κ2) is 8.60. The van der Waals surface area contributed by atoms with E-state index in [0.717, 1.165) is 23.0 Å². The third-order valence-electron chi connectivity index (χ3n) is 5.43. The van der Waals surface area contributed by atoms with Crippen LogP contribution in [0, 0.1) is 0 Å². The molecule has 0 saturated carbocycles. The molecule has 0 spiro atoms. The van der Waals surface area contributed by atoms with Crippen LogP contribution in [0.5, 0.6) is 11.5 Å². The number of halogens is 1. The molecular formula is C25H19ClN2O5. The SMILES string of the molecule is CCn1cc(/C=C2\Oc3cc(OC(=O)CCc4cc(Cl)no4)ccc3C2=O)c2ccccc21. The minimum Gasteiger partial charge on any atom is -0.452 e. The lowest BCUT2D eigenvalue weighted by Crippen LogP contribution is -2.08. The molecule has 0 amide bonds. The molecule has 3 heterocycles. The number of aryl methyl sites for hydroxylation is 2. The van der Waals surface area contributed by atoms with Crippen molar-refractivity contribution < 1.29 is 23.6 Å². The van der Waals surface area contributed by atoms with Gasteiger partial charge in [-0.25, -0.2) is 0 Å². The number of hydrogen-bond donors (Lipinski definition) is 0. The summed E-state index contributed by atoms with van der Waals surface area (Å²) in [6, 6.07) is 14.3. The number of ketones is 1. The molecule has 5 rings (SSSR count). The summed E-state index contributed by atoms with van der Waals surface area (Å²) >= 11 is 5.70. The molecular weight excluding hydrogens is 444 g/mol. The van der Waals surface area contributed by atoms with Crippen LogP contribution in [0.25, 0.3) is 17.0 Å². The normalized spacial score (nSPS) is 14.0. The molecule has 0 bridgehead atoms. The third kappa shape index (κ3) is 4.15. The molecule has 0 atom stereocenters. The smallest absolute Gasteiger partial charge is 0.311 e. The summed E-state index contributed by atoms with van der Waals surface area (Å²) in [7, 11) is 0. The molecule has 0 fully saturated rings. The summed E-state index contributed by atoms with van der Waals surface area (Å²) in [5, 5.41) is 4.85. The van der Waals surface area contributed by atoms with Crippen LogP contribution in [0.3, 0.4) is 0 Å². The Kier molecular flexibility index (Phi) is 5.48. The van der Waals surface area contributed by atoms with Crippen LogP contribution in [0.4, 0.5) is 0 Å². The van der Waals surface area contributed by atoms with Crippen LogP contribution >= 0.6 is 11.6 Å². The maximum absolute atomic E-state index is 12.9. The first-order valence-electron chi connectivity index (χ1n) is 10.5. The molecule has 166 valence electrons. The van der Waals surface area contributed by atoms with Crippen molar-refractivity contribution >= 4 is 40.3 Å². The Bertz CT molecular complexity index is 1420. The van der Waals surface area contributed by atoms with Gasteiger partial charge in [0.25, 0.3) is 0 Å². The summed E-state index contributed by atoms with van der Waals surface area (Å²) in [5.41, 5.74) is 2.43. The molecule has 7 nitrogen and oxygen atoms in total. The van der Waals surface area contributed by atoms with Crippen molar-refractivity contribution in [2.24, 2.45) is 0 Å². The van der Waals surface area contributed by atoms with Crippen molar-refractivity contribution in [1.82, 2.24) is 9.72 Å². The Morgan fingerprint density at radius 3 is 2.85 bits per heavy atom. The van der Waals surface area contributed by atoms with Crippen LogP contribution in [0.2, 0.25) is 5.15 Å². The van der Waals surface area contributed by atoms with Crippen LogP contribution in [-0.4, -0.2) is 21.5 Å². The number of rotatable bonds is 6. The van der Waals surface area contributed by atoms with E-state index in [0.29, 0.717) is 29.2 Å². The number of esters is 1. The van der Waals surface area contributed by atoms with E-state index in [2.05, 4.69) is 16.6 Å². The van der Waals surface area contributed by atoms with Crippen molar-refractivity contribution in [1.29, 1.82) is 0 Å². The minimum atomic E-state index is -0.449. The van der Waals surface area contributed by atoms with Crippen LogP contribution in [-0.2, 0) is 17.8 Å². The molecule has 0 radical (unpaired) electrons. The number of carbonyl (C=O) groups excluding carboxylic acids is 2. The van der Waals surface area contributed by atoms with E-state index in [9.17, 15) is 9.59 Å². The highest BCUT2D eigenvalue weighted by molar-refractivity contribution is 6.29. The zero-order valence-corrected chi connectivity index (χ0v) is 18.5. The van der Waals surface area contributed by atoms with Crippen molar-refractivity contribution in [3.05, 3.63) is 82.5 Å². The number of Topliss-reactive ketones (excluding diaryl/α,β-unsaturated/α-hetero) is 1. The second-order valence-corrected chi connectivity index (χ2v) is 7.96. The Labute approximate surface area is 194 Å². The molecule has 8 heteroatoms. The van der Waals surface area contributed by atoms with E-state index in [1.165, 1.54) is 0 Å². The first-order valence-corrected chi connectivity index (χ1v) is 10.9. The van der Waals surface area contributed by atoms with Gasteiger partial charge in [-0.05, 0) is 31.2 Å². The average Bonchev–Trinajstić information content (AvgIpc) is 3.48. The molecule has 33 heavy (non-hydrogen) atoms. The van der Waals surface area contributed by atoms with Crippen molar-refractivity contribution in [3.8, 4) is 11.5 Å². The van der Waals surface area contributed by atoms with E-state index in [-0.39, 0.29) is 23.1 Å². The largest absolute Gasteiger partial charge is 0.452 e. The fourth-order valence-corrected chi connectivity index (χ4v) is 3.99. The number of fused-ring (bicyclic) bond motifs is 2. The molecule has 0 unspecified atom stereocenters. The van der Waals surface area contributed by atoms with E-state index < -0.39 is 5.97 Å². The summed E-state index contributed by atoms with van der Waals surface area (Å²) in [6.07, 6.45) is 4.17. The van der Waals surface area contributed by atoms with Gasteiger partial charge in [-0.15, -0.1) is 0 Å². The van der Waals surface area contributed by atoms with Crippen molar-refractivity contribution in [3.63, 3.8) is 0 Å². The molecule has 1 aliphatic heterocycles. The molecule has 1 aliphatic rings. The van der Waals surface area contributed by atoms with Gasteiger partial charge in [-0.2, -0.15) is 0 Å². The summed E-state index contributed by atoms with van der Waals surface area (Å²) < 4.78 is 18.3. The highest BCUT2D eigenvalue weighted by Crippen LogP contribution is 2.36. The second-order valence-electron chi connectivity index (χ2n) is 7.58. The number of benzene rings is 2. The lowest BCUT2D eigenvalue weighted by Gasteiger charge is -2.05. The summed E-state index contributed by atoms with van der Waals surface area (Å²) in [5.74, 6) is 0.728. The first-order chi connectivity index (χ1) is 16.0. The molecule has 2 aromatic heterocycles. The van der Waals surface area contributed by atoms with Gasteiger partial charge >= 0.3 is 5.97 Å². The Hall–Kier alpha value is -3.84. The van der Waals surface area contributed by atoms with Crippen molar-refractivity contribution in [2.75, 3.05) is 0 Å². The fourth-order valence-electron chi connectivity index (χ4n) is 3.84. The molecule has 0 saturated heterocycles. The number of para-hydroxylation sites is 1. The molecule has 2 aromatic carbocycles. The topological polar surface area (TPSA) is 83.6 Å². The molecule has 4 aromatic rings.